The number of carbonyl (C=O) groups is 3. The lowest BCUT2D eigenvalue weighted by atomic mass is 10.2. The van der Waals surface area contributed by atoms with Gasteiger partial charge in [0.05, 0.1) is 15.8 Å². The minimum atomic E-state index is -4.41. The minimum Gasteiger partial charge on any atom is -0.345 e. The lowest BCUT2D eigenvalue weighted by molar-refractivity contribution is -0.145. The first-order valence-corrected chi connectivity index (χ1v) is 9.88. The number of imide groups is 1. The number of anilines is 1. The summed E-state index contributed by atoms with van der Waals surface area (Å²) in [4.78, 5) is 44.6. The molecule has 0 spiro atoms. The van der Waals surface area contributed by atoms with Gasteiger partial charge in [-0.2, -0.15) is 13.2 Å². The number of likely N-dealkylation sites (tertiary alicyclic amines) is 1. The monoisotopic (exact) mass is 426 g/mol. The molecule has 0 N–H and O–H groups in total. The van der Waals surface area contributed by atoms with Crippen LogP contribution < -0.4 is 4.90 Å². The summed E-state index contributed by atoms with van der Waals surface area (Å²) in [5.41, 5.74) is -0.437. The van der Waals surface area contributed by atoms with Gasteiger partial charge in [-0.3, -0.25) is 19.3 Å². The van der Waals surface area contributed by atoms with Gasteiger partial charge in [-0.1, -0.05) is 11.3 Å². The molecule has 0 unspecified atom stereocenters. The number of rotatable bonds is 3. The van der Waals surface area contributed by atoms with Crippen LogP contribution in [0.4, 0.5) is 18.3 Å². The molecule has 0 bridgehead atoms. The molecular weight excluding hydrogens is 409 g/mol. The molecule has 3 amide bonds. The number of hydrogen-bond acceptors (Lipinski definition) is 6. The number of benzene rings is 1. The van der Waals surface area contributed by atoms with E-state index in [0.717, 1.165) is 17.0 Å². The maximum Gasteiger partial charge on any atom is 0.416 e. The molecule has 2 fully saturated rings. The highest BCUT2D eigenvalue weighted by Crippen LogP contribution is 2.35. The molecule has 0 atom stereocenters. The summed E-state index contributed by atoms with van der Waals surface area (Å²) in [7, 11) is 0. The first-order valence-electron chi connectivity index (χ1n) is 9.06. The summed E-state index contributed by atoms with van der Waals surface area (Å²) < 4.78 is 39.3. The van der Waals surface area contributed by atoms with Crippen molar-refractivity contribution in [1.29, 1.82) is 0 Å². The zero-order valence-corrected chi connectivity index (χ0v) is 16.1. The maximum absolute atomic E-state index is 12.9. The molecule has 11 heteroatoms. The molecule has 0 radical (unpaired) electrons. The number of thiazole rings is 1. The summed E-state index contributed by atoms with van der Waals surface area (Å²) in [6, 6.07) is 3.50. The molecule has 2 aliphatic heterocycles. The van der Waals surface area contributed by atoms with Crippen molar-refractivity contribution in [1.82, 2.24) is 14.8 Å². The number of hydrogen-bond donors (Lipinski definition) is 0. The molecule has 2 aromatic rings. The molecular formula is C18H17F3N4O3S. The van der Waals surface area contributed by atoms with Crippen molar-refractivity contribution in [2.45, 2.75) is 19.0 Å². The van der Waals surface area contributed by atoms with Gasteiger partial charge in [0.1, 0.15) is 6.54 Å². The first kappa shape index (κ1) is 19.6. The van der Waals surface area contributed by atoms with Crippen LogP contribution in [0.25, 0.3) is 10.2 Å². The number of piperazine rings is 1. The number of halogens is 3. The van der Waals surface area contributed by atoms with Crippen molar-refractivity contribution >= 4 is 44.4 Å². The third-order valence-electron chi connectivity index (χ3n) is 5.05. The Morgan fingerprint density at radius 3 is 2.34 bits per heavy atom. The third-order valence-corrected chi connectivity index (χ3v) is 6.15. The Kier molecular flexibility index (Phi) is 4.93. The SMILES string of the molecule is O=C(CN1C(=O)CCC1=O)N1CCN(c2nc3cc(C(F)(F)F)ccc3s2)CC1. The highest BCUT2D eigenvalue weighted by atomic mass is 32.1. The summed E-state index contributed by atoms with van der Waals surface area (Å²) in [6.07, 6.45) is -4.12. The van der Waals surface area contributed by atoms with Gasteiger partial charge in [0, 0.05) is 39.0 Å². The van der Waals surface area contributed by atoms with E-state index in [9.17, 15) is 27.6 Å². The van der Waals surface area contributed by atoms with E-state index in [0.29, 0.717) is 41.5 Å². The molecule has 1 aromatic carbocycles. The Morgan fingerprint density at radius 1 is 1.07 bits per heavy atom. The van der Waals surface area contributed by atoms with Crippen molar-refractivity contribution in [2.24, 2.45) is 0 Å². The van der Waals surface area contributed by atoms with Crippen molar-refractivity contribution < 1.29 is 27.6 Å². The van der Waals surface area contributed by atoms with Gasteiger partial charge in [-0.25, -0.2) is 4.98 Å². The van der Waals surface area contributed by atoms with Crippen molar-refractivity contribution in [2.75, 3.05) is 37.6 Å². The zero-order chi connectivity index (χ0) is 20.8. The highest BCUT2D eigenvalue weighted by molar-refractivity contribution is 7.22. The van der Waals surface area contributed by atoms with E-state index in [2.05, 4.69) is 4.98 Å². The van der Waals surface area contributed by atoms with E-state index < -0.39 is 11.7 Å². The van der Waals surface area contributed by atoms with Crippen LogP contribution in [-0.2, 0) is 20.6 Å². The quantitative estimate of drug-likeness (QED) is 0.703. The molecule has 0 aliphatic carbocycles. The summed E-state index contributed by atoms with van der Waals surface area (Å²) in [6.45, 7) is 1.48. The number of aromatic nitrogens is 1. The predicted molar refractivity (Wildman–Crippen MR) is 99.4 cm³/mol. The van der Waals surface area contributed by atoms with E-state index in [4.69, 9.17) is 0 Å². The van der Waals surface area contributed by atoms with Gasteiger partial charge >= 0.3 is 6.18 Å². The Morgan fingerprint density at radius 2 is 1.72 bits per heavy atom. The molecule has 0 saturated carbocycles. The lowest BCUT2D eigenvalue weighted by Crippen LogP contribution is -2.51. The fourth-order valence-corrected chi connectivity index (χ4v) is 4.41. The van der Waals surface area contributed by atoms with Gasteiger partial charge in [-0.05, 0) is 18.2 Å². The molecule has 2 saturated heterocycles. The van der Waals surface area contributed by atoms with E-state index >= 15 is 0 Å². The summed E-state index contributed by atoms with van der Waals surface area (Å²) in [5.74, 6) is -0.934. The van der Waals surface area contributed by atoms with Crippen LogP contribution in [0.3, 0.4) is 0 Å². The Balaban J connectivity index is 1.40. The fraction of sp³-hybridized carbons (Fsp3) is 0.444. The molecule has 3 heterocycles. The largest absolute Gasteiger partial charge is 0.416 e. The second-order valence-electron chi connectivity index (χ2n) is 6.92. The molecule has 7 nitrogen and oxygen atoms in total. The maximum atomic E-state index is 12.9. The average molecular weight is 426 g/mol. The van der Waals surface area contributed by atoms with Crippen LogP contribution >= 0.6 is 11.3 Å². The third kappa shape index (κ3) is 3.91. The van der Waals surface area contributed by atoms with Gasteiger partial charge in [0.2, 0.25) is 17.7 Å². The minimum absolute atomic E-state index is 0.146. The predicted octanol–water partition coefficient (Wildman–Crippen LogP) is 2.11. The van der Waals surface area contributed by atoms with Crippen LogP contribution in [0.15, 0.2) is 18.2 Å². The lowest BCUT2D eigenvalue weighted by Gasteiger charge is -2.35. The normalized spacial score (nSPS) is 18.2. The van der Waals surface area contributed by atoms with Crippen molar-refractivity contribution in [3.63, 3.8) is 0 Å². The molecule has 29 heavy (non-hydrogen) atoms. The highest BCUT2D eigenvalue weighted by Gasteiger charge is 2.33. The first-order chi connectivity index (χ1) is 13.7. The molecule has 4 rings (SSSR count). The van der Waals surface area contributed by atoms with Crippen molar-refractivity contribution in [3.05, 3.63) is 23.8 Å². The van der Waals surface area contributed by atoms with E-state index in [-0.39, 0.29) is 37.1 Å². The van der Waals surface area contributed by atoms with Crippen molar-refractivity contribution in [3.8, 4) is 0 Å². The smallest absolute Gasteiger partial charge is 0.345 e. The topological polar surface area (TPSA) is 73.8 Å². The fourth-order valence-electron chi connectivity index (χ4n) is 3.41. The number of nitrogens with zero attached hydrogens (tertiary/aromatic N) is 4. The van der Waals surface area contributed by atoms with Gasteiger partial charge in [0.15, 0.2) is 5.13 Å². The second kappa shape index (κ2) is 7.29. The van der Waals surface area contributed by atoms with Crippen LogP contribution in [0.5, 0.6) is 0 Å². The van der Waals surface area contributed by atoms with Crippen LogP contribution in [0.1, 0.15) is 18.4 Å². The zero-order valence-electron chi connectivity index (χ0n) is 15.2. The molecule has 154 valence electrons. The van der Waals surface area contributed by atoms with Crippen LogP contribution in [0, 0.1) is 0 Å². The van der Waals surface area contributed by atoms with Crippen LogP contribution in [0.2, 0.25) is 0 Å². The number of alkyl halides is 3. The molecule has 2 aliphatic rings. The Hall–Kier alpha value is -2.69. The number of fused-ring (bicyclic) bond motifs is 1. The van der Waals surface area contributed by atoms with Gasteiger partial charge in [-0.15, -0.1) is 0 Å². The van der Waals surface area contributed by atoms with E-state index in [1.165, 1.54) is 17.4 Å². The second-order valence-corrected chi connectivity index (χ2v) is 7.93. The van der Waals surface area contributed by atoms with E-state index in [1.54, 1.807) is 4.90 Å². The van der Waals surface area contributed by atoms with E-state index in [1.807, 2.05) is 4.90 Å². The van der Waals surface area contributed by atoms with Crippen LogP contribution in [-0.4, -0.2) is 65.2 Å². The van der Waals surface area contributed by atoms with Gasteiger partial charge in [0.25, 0.3) is 0 Å². The standard InChI is InChI=1S/C18H17F3N4O3S/c19-18(20,21)11-1-2-13-12(9-11)22-17(29-13)24-7-5-23(6-8-24)16(28)10-25-14(26)3-4-15(25)27/h1-2,9H,3-8,10H2. The number of amides is 3. The van der Waals surface area contributed by atoms with Gasteiger partial charge < -0.3 is 9.80 Å². The Labute approximate surface area is 167 Å². The summed E-state index contributed by atoms with van der Waals surface area (Å²) in [5, 5.41) is 0.608. The number of carbonyl (C=O) groups excluding carboxylic acids is 3. The molecule has 1 aromatic heterocycles. The summed E-state index contributed by atoms with van der Waals surface area (Å²) >= 11 is 1.31. The Bertz CT molecular complexity index is 966. The average Bonchev–Trinajstić information content (AvgIpc) is 3.25.